The van der Waals surface area contributed by atoms with Crippen LogP contribution in [-0.2, 0) is 0 Å². The third kappa shape index (κ3) is 1.50. The van der Waals surface area contributed by atoms with Crippen LogP contribution in [0.4, 0.5) is 5.00 Å². The van der Waals surface area contributed by atoms with E-state index in [1.54, 1.807) is 12.4 Å². The maximum Gasteiger partial charge on any atom is 0.339 e. The van der Waals surface area contributed by atoms with Gasteiger partial charge in [0.15, 0.2) is 0 Å². The Labute approximate surface area is 90.4 Å². The minimum Gasteiger partial charge on any atom is -0.478 e. The average molecular weight is 222 g/mol. The number of nitrogens with one attached hydrogen (secondary N) is 1. The molecule has 0 radical (unpaired) electrons. The maximum absolute atomic E-state index is 11.1. The number of aromatic amines is 1. The number of nitrogen functional groups attached to an aromatic ring is 1. The molecule has 0 aliphatic heterocycles. The summed E-state index contributed by atoms with van der Waals surface area (Å²) in [6.45, 7) is 1.87. The number of carboxylic acid groups (broad SMARTS) is 1. The van der Waals surface area contributed by atoms with E-state index in [4.69, 9.17) is 10.8 Å². The van der Waals surface area contributed by atoms with Gasteiger partial charge in [0.25, 0.3) is 0 Å². The van der Waals surface area contributed by atoms with Crippen LogP contribution in [0.1, 0.15) is 15.2 Å². The summed E-state index contributed by atoms with van der Waals surface area (Å²) in [7, 11) is 0. The van der Waals surface area contributed by atoms with Gasteiger partial charge < -0.3 is 15.8 Å². The van der Waals surface area contributed by atoms with Gasteiger partial charge in [-0.15, -0.1) is 11.3 Å². The van der Waals surface area contributed by atoms with Gasteiger partial charge in [-0.1, -0.05) is 0 Å². The highest BCUT2D eigenvalue weighted by atomic mass is 32.1. The predicted molar refractivity (Wildman–Crippen MR) is 60.2 cm³/mol. The Kier molecular flexibility index (Phi) is 2.24. The number of hydrogen-bond donors (Lipinski definition) is 3. The molecule has 5 heteroatoms. The second-order valence-electron chi connectivity index (χ2n) is 3.18. The Morgan fingerprint density at radius 1 is 1.60 bits per heavy atom. The molecular formula is C10H10N2O2S. The number of aromatic nitrogens is 1. The van der Waals surface area contributed by atoms with Gasteiger partial charge in [0.1, 0.15) is 10.6 Å². The first-order valence-corrected chi connectivity index (χ1v) is 5.18. The van der Waals surface area contributed by atoms with Crippen LogP contribution >= 0.6 is 11.3 Å². The quantitative estimate of drug-likeness (QED) is 0.729. The molecule has 2 rings (SSSR count). The monoisotopic (exact) mass is 222 g/mol. The third-order valence-corrected chi connectivity index (χ3v) is 3.15. The van der Waals surface area contributed by atoms with E-state index >= 15 is 0 Å². The molecule has 0 saturated heterocycles. The fourth-order valence-electron chi connectivity index (χ4n) is 1.61. The number of aryl methyl sites for hydroxylation is 1. The molecule has 0 aliphatic carbocycles. The lowest BCUT2D eigenvalue weighted by Gasteiger charge is -1.99. The molecule has 15 heavy (non-hydrogen) atoms. The van der Waals surface area contributed by atoms with E-state index in [2.05, 4.69) is 4.98 Å². The lowest BCUT2D eigenvalue weighted by molar-refractivity contribution is 0.0699. The molecule has 78 valence electrons. The standard InChI is InChI=1S/C10H10N2O2S/c1-5-7(6-2-3-12-4-6)8(10(13)14)9(11)15-5/h2-4,12H,11H2,1H3,(H,13,14). The number of anilines is 1. The summed E-state index contributed by atoms with van der Waals surface area (Å²) in [4.78, 5) is 14.9. The predicted octanol–water partition coefficient (Wildman–Crippen LogP) is 2.33. The van der Waals surface area contributed by atoms with Gasteiger partial charge in [0, 0.05) is 28.4 Å². The smallest absolute Gasteiger partial charge is 0.339 e. The highest BCUT2D eigenvalue weighted by Gasteiger charge is 2.20. The Balaban J connectivity index is 2.70. The van der Waals surface area contributed by atoms with Gasteiger partial charge in [-0.25, -0.2) is 4.79 Å². The van der Waals surface area contributed by atoms with Crippen LogP contribution in [0.3, 0.4) is 0 Å². The highest BCUT2D eigenvalue weighted by molar-refractivity contribution is 7.16. The van der Waals surface area contributed by atoms with Crippen molar-refractivity contribution >= 4 is 22.3 Å². The van der Waals surface area contributed by atoms with Crippen molar-refractivity contribution in [1.29, 1.82) is 0 Å². The van der Waals surface area contributed by atoms with E-state index in [1.165, 1.54) is 11.3 Å². The molecule has 4 N–H and O–H groups in total. The van der Waals surface area contributed by atoms with Crippen molar-refractivity contribution in [2.75, 3.05) is 5.73 Å². The summed E-state index contributed by atoms with van der Waals surface area (Å²) in [6.07, 6.45) is 3.52. The van der Waals surface area contributed by atoms with Crippen molar-refractivity contribution in [3.05, 3.63) is 28.9 Å². The van der Waals surface area contributed by atoms with E-state index in [0.717, 1.165) is 10.4 Å². The molecule has 0 spiro atoms. The molecule has 0 saturated carbocycles. The Bertz CT molecular complexity index is 500. The zero-order chi connectivity index (χ0) is 11.0. The number of thiophene rings is 1. The van der Waals surface area contributed by atoms with Crippen LogP contribution < -0.4 is 5.73 Å². The normalized spacial score (nSPS) is 10.5. The first kappa shape index (κ1) is 9.79. The largest absolute Gasteiger partial charge is 0.478 e. The molecule has 0 aromatic carbocycles. The number of hydrogen-bond acceptors (Lipinski definition) is 3. The maximum atomic E-state index is 11.1. The minimum atomic E-state index is -0.979. The third-order valence-electron chi connectivity index (χ3n) is 2.21. The lowest BCUT2D eigenvalue weighted by Crippen LogP contribution is -2.00. The second kappa shape index (κ2) is 3.43. The van der Waals surface area contributed by atoms with Crippen LogP contribution in [0.2, 0.25) is 0 Å². The van der Waals surface area contributed by atoms with Crippen molar-refractivity contribution in [2.24, 2.45) is 0 Å². The summed E-state index contributed by atoms with van der Waals surface area (Å²) in [6, 6.07) is 1.83. The molecule has 2 heterocycles. The zero-order valence-electron chi connectivity index (χ0n) is 8.07. The van der Waals surface area contributed by atoms with Crippen LogP contribution in [0.5, 0.6) is 0 Å². The molecule has 0 aliphatic rings. The van der Waals surface area contributed by atoms with Crippen molar-refractivity contribution in [3.63, 3.8) is 0 Å². The Morgan fingerprint density at radius 2 is 2.33 bits per heavy atom. The van der Waals surface area contributed by atoms with Gasteiger partial charge in [0.05, 0.1) is 0 Å². The van der Waals surface area contributed by atoms with Crippen molar-refractivity contribution < 1.29 is 9.90 Å². The number of carbonyl (C=O) groups is 1. The Morgan fingerprint density at radius 3 is 2.87 bits per heavy atom. The zero-order valence-corrected chi connectivity index (χ0v) is 8.89. The first-order valence-electron chi connectivity index (χ1n) is 4.36. The number of aromatic carboxylic acids is 1. The Hall–Kier alpha value is -1.75. The van der Waals surface area contributed by atoms with E-state index in [9.17, 15) is 4.79 Å². The van der Waals surface area contributed by atoms with E-state index < -0.39 is 5.97 Å². The van der Waals surface area contributed by atoms with Gasteiger partial charge in [-0.3, -0.25) is 0 Å². The van der Waals surface area contributed by atoms with Gasteiger partial charge >= 0.3 is 5.97 Å². The first-order chi connectivity index (χ1) is 7.11. The number of H-pyrrole nitrogens is 1. The van der Waals surface area contributed by atoms with Crippen molar-refractivity contribution in [2.45, 2.75) is 6.92 Å². The summed E-state index contributed by atoms with van der Waals surface area (Å²) in [5.74, 6) is -0.979. The van der Waals surface area contributed by atoms with E-state index in [1.807, 2.05) is 13.0 Å². The van der Waals surface area contributed by atoms with Crippen molar-refractivity contribution in [3.8, 4) is 11.1 Å². The number of carboxylic acids is 1. The molecular weight excluding hydrogens is 212 g/mol. The summed E-state index contributed by atoms with van der Waals surface area (Å²) < 4.78 is 0. The summed E-state index contributed by atoms with van der Waals surface area (Å²) in [5, 5.41) is 9.43. The van der Waals surface area contributed by atoms with Gasteiger partial charge in [-0.05, 0) is 13.0 Å². The topological polar surface area (TPSA) is 79.1 Å². The lowest BCUT2D eigenvalue weighted by atomic mass is 10.0. The van der Waals surface area contributed by atoms with E-state index in [-0.39, 0.29) is 5.56 Å². The molecule has 0 bridgehead atoms. The van der Waals surface area contributed by atoms with Crippen LogP contribution in [0, 0.1) is 6.92 Å². The fraction of sp³-hybridized carbons (Fsp3) is 0.100. The highest BCUT2D eigenvalue weighted by Crippen LogP contribution is 2.37. The second-order valence-corrected chi connectivity index (χ2v) is 4.43. The molecule has 0 amide bonds. The molecule has 0 fully saturated rings. The molecule has 0 atom stereocenters. The van der Waals surface area contributed by atoms with Gasteiger partial charge in [-0.2, -0.15) is 0 Å². The molecule has 4 nitrogen and oxygen atoms in total. The SMILES string of the molecule is Cc1sc(N)c(C(=O)O)c1-c1cc[nH]c1. The van der Waals surface area contributed by atoms with Crippen molar-refractivity contribution in [1.82, 2.24) is 4.98 Å². The average Bonchev–Trinajstić information content (AvgIpc) is 2.71. The molecule has 2 aromatic rings. The van der Waals surface area contributed by atoms with E-state index in [0.29, 0.717) is 10.6 Å². The van der Waals surface area contributed by atoms with Crippen LogP contribution in [0.25, 0.3) is 11.1 Å². The minimum absolute atomic E-state index is 0.206. The summed E-state index contributed by atoms with van der Waals surface area (Å²) in [5.41, 5.74) is 7.46. The molecule has 0 unspecified atom stereocenters. The summed E-state index contributed by atoms with van der Waals surface area (Å²) >= 11 is 1.31. The molecule has 2 aromatic heterocycles. The van der Waals surface area contributed by atoms with Crippen LogP contribution in [0.15, 0.2) is 18.5 Å². The fourth-order valence-corrected chi connectivity index (χ4v) is 2.55. The number of nitrogens with two attached hydrogens (primary N) is 1. The van der Waals surface area contributed by atoms with Gasteiger partial charge in [0.2, 0.25) is 0 Å². The van der Waals surface area contributed by atoms with Crippen LogP contribution in [-0.4, -0.2) is 16.1 Å². The number of rotatable bonds is 2.